The van der Waals surface area contributed by atoms with E-state index in [-0.39, 0.29) is 13.4 Å². The van der Waals surface area contributed by atoms with Crippen molar-refractivity contribution in [2.75, 3.05) is 6.79 Å². The Bertz CT molecular complexity index is 454. The average Bonchev–Trinajstić information content (AvgIpc) is 2.25. The molecule has 1 aliphatic rings. The summed E-state index contributed by atoms with van der Waals surface area (Å²) in [6, 6.07) is 2.49. The molecule has 4 nitrogen and oxygen atoms in total. The predicted molar refractivity (Wildman–Crippen MR) is 50.7 cm³/mol. The van der Waals surface area contributed by atoms with Crippen LogP contribution in [0.15, 0.2) is 18.2 Å². The van der Waals surface area contributed by atoms with Crippen LogP contribution in [0.3, 0.4) is 0 Å². The molecule has 2 rings (SSSR count). The van der Waals surface area contributed by atoms with Gasteiger partial charge in [-0.15, -0.1) is 0 Å². The van der Waals surface area contributed by atoms with Crippen LogP contribution in [0.5, 0.6) is 5.75 Å². The second-order valence-electron chi connectivity index (χ2n) is 3.25. The number of carboxylic acid groups (broad SMARTS) is 1. The number of carbonyl (C=O) groups excluding carboxylic acids is 1. The molecule has 0 amide bonds. The summed E-state index contributed by atoms with van der Waals surface area (Å²) in [7, 11) is 0. The number of hydrogen-bond donors (Lipinski definition) is 0. The molecule has 0 fully saturated rings. The number of fused-ring (bicyclic) bond motifs is 1. The SMILES string of the molecule is O=C([O-])/C=C/c1cc(F)cc2c1OCOC2. The van der Waals surface area contributed by atoms with Crippen LogP contribution < -0.4 is 9.84 Å². The molecule has 0 aromatic heterocycles. The Balaban J connectivity index is 2.43. The highest BCUT2D eigenvalue weighted by atomic mass is 19.1. The van der Waals surface area contributed by atoms with Crippen LogP contribution in [0.1, 0.15) is 11.1 Å². The highest BCUT2D eigenvalue weighted by Crippen LogP contribution is 2.30. The third-order valence-electron chi connectivity index (χ3n) is 2.10. The molecule has 0 saturated heterocycles. The molecular formula is C11H8FO4-. The van der Waals surface area contributed by atoms with E-state index >= 15 is 0 Å². The van der Waals surface area contributed by atoms with Crippen molar-refractivity contribution in [1.82, 2.24) is 0 Å². The first-order valence-electron chi connectivity index (χ1n) is 4.59. The van der Waals surface area contributed by atoms with Crippen molar-refractivity contribution in [1.29, 1.82) is 0 Å². The van der Waals surface area contributed by atoms with Gasteiger partial charge >= 0.3 is 0 Å². The molecule has 1 aliphatic heterocycles. The summed E-state index contributed by atoms with van der Waals surface area (Å²) in [4.78, 5) is 10.3. The van der Waals surface area contributed by atoms with E-state index in [1.54, 1.807) is 0 Å². The van der Waals surface area contributed by atoms with Crippen molar-refractivity contribution < 1.29 is 23.8 Å². The molecule has 0 N–H and O–H groups in total. The third-order valence-corrected chi connectivity index (χ3v) is 2.10. The number of rotatable bonds is 2. The second-order valence-corrected chi connectivity index (χ2v) is 3.25. The van der Waals surface area contributed by atoms with E-state index in [2.05, 4.69) is 0 Å². The molecule has 16 heavy (non-hydrogen) atoms. The van der Waals surface area contributed by atoms with Gasteiger partial charge in [0.05, 0.1) is 12.6 Å². The van der Waals surface area contributed by atoms with Crippen LogP contribution >= 0.6 is 0 Å². The molecule has 0 atom stereocenters. The highest BCUT2D eigenvalue weighted by Gasteiger charge is 2.15. The van der Waals surface area contributed by atoms with Gasteiger partial charge in [-0.1, -0.05) is 0 Å². The van der Waals surface area contributed by atoms with Gasteiger partial charge < -0.3 is 19.4 Å². The number of benzene rings is 1. The van der Waals surface area contributed by atoms with Crippen LogP contribution in [0.25, 0.3) is 6.08 Å². The Kier molecular flexibility index (Phi) is 2.87. The monoisotopic (exact) mass is 223 g/mol. The summed E-state index contributed by atoms with van der Waals surface area (Å²) in [6.45, 7) is 0.323. The fraction of sp³-hybridized carbons (Fsp3) is 0.182. The minimum absolute atomic E-state index is 0.0742. The molecule has 84 valence electrons. The molecule has 1 aromatic carbocycles. The van der Waals surface area contributed by atoms with E-state index in [0.717, 1.165) is 6.08 Å². The van der Waals surface area contributed by atoms with Crippen molar-refractivity contribution in [3.8, 4) is 5.75 Å². The van der Waals surface area contributed by atoms with E-state index in [0.29, 0.717) is 16.9 Å². The first-order chi connectivity index (χ1) is 7.66. The van der Waals surface area contributed by atoms with Crippen LogP contribution in [-0.4, -0.2) is 12.8 Å². The Labute approximate surface area is 90.9 Å². The molecule has 0 unspecified atom stereocenters. The summed E-state index contributed by atoms with van der Waals surface area (Å²) in [5, 5.41) is 10.3. The molecule has 0 bridgehead atoms. The minimum atomic E-state index is -1.34. The van der Waals surface area contributed by atoms with Crippen LogP contribution in [0.2, 0.25) is 0 Å². The Morgan fingerprint density at radius 2 is 2.31 bits per heavy atom. The largest absolute Gasteiger partial charge is 0.545 e. The lowest BCUT2D eigenvalue weighted by Gasteiger charge is -2.19. The number of ether oxygens (including phenoxy) is 2. The van der Waals surface area contributed by atoms with Crippen molar-refractivity contribution in [3.63, 3.8) is 0 Å². The summed E-state index contributed by atoms with van der Waals surface area (Å²) < 4.78 is 23.3. The summed E-state index contributed by atoms with van der Waals surface area (Å²) in [6.07, 6.45) is 2.07. The van der Waals surface area contributed by atoms with Crippen molar-refractivity contribution in [2.24, 2.45) is 0 Å². The van der Waals surface area contributed by atoms with Gasteiger partial charge in [0.1, 0.15) is 11.6 Å². The first-order valence-corrected chi connectivity index (χ1v) is 4.59. The lowest BCUT2D eigenvalue weighted by Crippen LogP contribution is -2.18. The zero-order valence-corrected chi connectivity index (χ0v) is 8.23. The summed E-state index contributed by atoms with van der Waals surface area (Å²) in [5.41, 5.74) is 0.923. The zero-order chi connectivity index (χ0) is 11.5. The van der Waals surface area contributed by atoms with Gasteiger partial charge in [0, 0.05) is 11.1 Å². The number of carboxylic acids is 1. The molecule has 1 aromatic rings. The summed E-state index contributed by atoms with van der Waals surface area (Å²) >= 11 is 0. The Morgan fingerprint density at radius 1 is 1.50 bits per heavy atom. The fourth-order valence-corrected chi connectivity index (χ4v) is 1.49. The molecule has 0 aliphatic carbocycles. The van der Waals surface area contributed by atoms with Gasteiger partial charge in [-0.25, -0.2) is 4.39 Å². The van der Waals surface area contributed by atoms with Crippen LogP contribution in [0, 0.1) is 5.82 Å². The zero-order valence-electron chi connectivity index (χ0n) is 8.23. The van der Waals surface area contributed by atoms with E-state index in [4.69, 9.17) is 9.47 Å². The van der Waals surface area contributed by atoms with Gasteiger partial charge in [0.2, 0.25) is 0 Å². The third kappa shape index (κ3) is 2.20. The molecule has 0 radical (unpaired) electrons. The van der Waals surface area contributed by atoms with E-state index < -0.39 is 11.8 Å². The maximum absolute atomic E-state index is 13.2. The topological polar surface area (TPSA) is 58.6 Å². The van der Waals surface area contributed by atoms with Crippen molar-refractivity contribution >= 4 is 12.0 Å². The van der Waals surface area contributed by atoms with Gasteiger partial charge in [0.25, 0.3) is 0 Å². The summed E-state index contributed by atoms with van der Waals surface area (Å²) in [5.74, 6) is -1.36. The lowest BCUT2D eigenvalue weighted by molar-refractivity contribution is -0.297. The highest BCUT2D eigenvalue weighted by molar-refractivity contribution is 5.84. The quantitative estimate of drug-likeness (QED) is 0.683. The van der Waals surface area contributed by atoms with Gasteiger partial charge in [0.15, 0.2) is 6.79 Å². The number of aliphatic carboxylic acids is 1. The predicted octanol–water partition coefficient (Wildman–Crippen LogP) is 0.455. The Hall–Kier alpha value is -1.88. The molecule has 5 heteroatoms. The van der Waals surface area contributed by atoms with E-state index in [9.17, 15) is 14.3 Å². The van der Waals surface area contributed by atoms with Crippen LogP contribution in [-0.2, 0) is 16.1 Å². The van der Waals surface area contributed by atoms with Crippen molar-refractivity contribution in [2.45, 2.75) is 6.61 Å². The average molecular weight is 223 g/mol. The standard InChI is InChI=1S/C11H9FO4/c12-9-3-7(1-2-10(13)14)11-8(4-9)5-15-6-16-11/h1-4H,5-6H2,(H,13,14)/p-1/b2-1+. The molecule has 0 spiro atoms. The fourth-order valence-electron chi connectivity index (χ4n) is 1.49. The first kappa shape index (κ1) is 10.6. The molecular weight excluding hydrogens is 215 g/mol. The van der Waals surface area contributed by atoms with E-state index in [1.807, 2.05) is 0 Å². The Morgan fingerprint density at radius 3 is 3.06 bits per heavy atom. The van der Waals surface area contributed by atoms with Gasteiger partial charge in [-0.05, 0) is 24.3 Å². The van der Waals surface area contributed by atoms with Crippen LogP contribution in [0.4, 0.5) is 4.39 Å². The maximum atomic E-state index is 13.2. The van der Waals surface area contributed by atoms with Crippen molar-refractivity contribution in [3.05, 3.63) is 35.2 Å². The molecule has 1 heterocycles. The smallest absolute Gasteiger partial charge is 0.189 e. The minimum Gasteiger partial charge on any atom is -0.545 e. The maximum Gasteiger partial charge on any atom is 0.189 e. The van der Waals surface area contributed by atoms with Gasteiger partial charge in [-0.2, -0.15) is 0 Å². The normalized spacial score (nSPS) is 14.6. The second kappa shape index (κ2) is 4.32. The van der Waals surface area contributed by atoms with E-state index in [1.165, 1.54) is 18.2 Å². The number of halogens is 1. The molecule has 0 saturated carbocycles. The number of hydrogen-bond acceptors (Lipinski definition) is 4. The van der Waals surface area contributed by atoms with Gasteiger partial charge in [-0.3, -0.25) is 0 Å². The number of carbonyl (C=O) groups is 1. The lowest BCUT2D eigenvalue weighted by atomic mass is 10.1.